The Labute approximate surface area is 153 Å². The second-order valence-corrected chi connectivity index (χ2v) is 5.94. The first-order valence-electron chi connectivity index (χ1n) is 7.45. The minimum absolute atomic E-state index is 0.367. The lowest BCUT2D eigenvalue weighted by molar-refractivity contribution is 0.0601. The number of ether oxygens (including phenoxy) is 1. The maximum Gasteiger partial charge on any atom is 0.337 e. The standard InChI is InChI=1S/C18H15BrN4O2/c1-25-18(24)12-6-8-13(9-7-12)22-16-10-17(21-11-20-16)23-15-5-3-2-4-14(15)19/h2-11H,1H3,(H2,20,21,22,23). The predicted octanol–water partition coefficient (Wildman–Crippen LogP) is 4.51. The largest absolute Gasteiger partial charge is 0.465 e. The van der Waals surface area contributed by atoms with Crippen molar-refractivity contribution in [3.63, 3.8) is 0 Å². The number of carbonyl (C=O) groups excluding carboxylic acids is 1. The van der Waals surface area contributed by atoms with Crippen molar-refractivity contribution in [1.29, 1.82) is 0 Å². The second kappa shape index (κ2) is 7.76. The highest BCUT2D eigenvalue weighted by atomic mass is 79.9. The van der Waals surface area contributed by atoms with Gasteiger partial charge >= 0.3 is 5.97 Å². The lowest BCUT2D eigenvalue weighted by atomic mass is 10.2. The van der Waals surface area contributed by atoms with Crippen molar-refractivity contribution in [3.05, 3.63) is 71.0 Å². The molecule has 126 valence electrons. The van der Waals surface area contributed by atoms with Crippen molar-refractivity contribution in [2.45, 2.75) is 0 Å². The molecule has 2 aromatic carbocycles. The summed E-state index contributed by atoms with van der Waals surface area (Å²) < 4.78 is 5.63. The van der Waals surface area contributed by atoms with E-state index in [1.807, 2.05) is 24.3 Å². The number of carbonyl (C=O) groups is 1. The predicted molar refractivity (Wildman–Crippen MR) is 101 cm³/mol. The van der Waals surface area contributed by atoms with Crippen molar-refractivity contribution >= 4 is 44.9 Å². The Morgan fingerprint density at radius 2 is 1.68 bits per heavy atom. The van der Waals surface area contributed by atoms with E-state index in [1.165, 1.54) is 13.4 Å². The van der Waals surface area contributed by atoms with Gasteiger partial charge in [0.05, 0.1) is 18.4 Å². The average Bonchev–Trinajstić information content (AvgIpc) is 2.64. The van der Waals surface area contributed by atoms with Crippen molar-refractivity contribution in [2.24, 2.45) is 0 Å². The molecule has 1 heterocycles. The highest BCUT2D eigenvalue weighted by molar-refractivity contribution is 9.10. The molecule has 0 atom stereocenters. The van der Waals surface area contributed by atoms with Gasteiger partial charge in [0.25, 0.3) is 0 Å². The number of rotatable bonds is 5. The normalized spacial score (nSPS) is 10.2. The fraction of sp³-hybridized carbons (Fsp3) is 0.0556. The van der Waals surface area contributed by atoms with Gasteiger partial charge in [0, 0.05) is 16.2 Å². The molecule has 0 radical (unpaired) electrons. The van der Waals surface area contributed by atoms with Crippen molar-refractivity contribution in [1.82, 2.24) is 9.97 Å². The molecule has 0 saturated heterocycles. The van der Waals surface area contributed by atoms with Gasteiger partial charge in [-0.25, -0.2) is 14.8 Å². The lowest BCUT2D eigenvalue weighted by Crippen LogP contribution is -2.01. The molecule has 25 heavy (non-hydrogen) atoms. The number of halogens is 1. The Morgan fingerprint density at radius 1 is 1.00 bits per heavy atom. The number of nitrogens with zero attached hydrogens (tertiary/aromatic N) is 2. The molecule has 0 bridgehead atoms. The number of benzene rings is 2. The van der Waals surface area contributed by atoms with E-state index in [1.54, 1.807) is 30.3 Å². The van der Waals surface area contributed by atoms with Crippen LogP contribution in [-0.2, 0) is 4.74 Å². The number of nitrogens with one attached hydrogen (secondary N) is 2. The first kappa shape index (κ1) is 16.9. The Balaban J connectivity index is 1.73. The van der Waals surface area contributed by atoms with Gasteiger partial charge in [-0.05, 0) is 52.3 Å². The fourth-order valence-electron chi connectivity index (χ4n) is 2.15. The number of anilines is 4. The molecular weight excluding hydrogens is 384 g/mol. The summed E-state index contributed by atoms with van der Waals surface area (Å²) >= 11 is 3.49. The quantitative estimate of drug-likeness (QED) is 0.615. The van der Waals surface area contributed by atoms with Crippen LogP contribution in [0.2, 0.25) is 0 Å². The molecule has 6 nitrogen and oxygen atoms in total. The molecule has 0 aliphatic heterocycles. The maximum atomic E-state index is 11.5. The van der Waals surface area contributed by atoms with E-state index in [0.29, 0.717) is 17.2 Å². The van der Waals surface area contributed by atoms with Crippen LogP contribution < -0.4 is 10.6 Å². The van der Waals surface area contributed by atoms with Gasteiger partial charge in [-0.15, -0.1) is 0 Å². The van der Waals surface area contributed by atoms with Gasteiger partial charge in [0.1, 0.15) is 18.0 Å². The Bertz CT molecular complexity index is 884. The fourth-order valence-corrected chi connectivity index (χ4v) is 2.53. The minimum atomic E-state index is -0.367. The van der Waals surface area contributed by atoms with Crippen LogP contribution in [-0.4, -0.2) is 23.0 Å². The summed E-state index contributed by atoms with van der Waals surface area (Å²) in [5.41, 5.74) is 2.21. The molecule has 2 N–H and O–H groups in total. The third-order valence-electron chi connectivity index (χ3n) is 3.38. The Hall–Kier alpha value is -2.93. The summed E-state index contributed by atoms with van der Waals surface area (Å²) in [6.45, 7) is 0. The topological polar surface area (TPSA) is 76.1 Å². The molecule has 7 heteroatoms. The van der Waals surface area contributed by atoms with E-state index in [4.69, 9.17) is 0 Å². The highest BCUT2D eigenvalue weighted by Gasteiger charge is 2.06. The van der Waals surface area contributed by atoms with E-state index >= 15 is 0 Å². The van der Waals surface area contributed by atoms with Crippen molar-refractivity contribution < 1.29 is 9.53 Å². The summed E-state index contributed by atoms with van der Waals surface area (Å²) in [7, 11) is 1.36. The molecule has 0 amide bonds. The molecule has 0 unspecified atom stereocenters. The Morgan fingerprint density at radius 3 is 2.36 bits per heavy atom. The van der Waals surface area contributed by atoms with E-state index in [0.717, 1.165) is 15.8 Å². The summed E-state index contributed by atoms with van der Waals surface area (Å²) in [6, 6.07) is 16.5. The second-order valence-electron chi connectivity index (χ2n) is 5.09. The van der Waals surface area contributed by atoms with Crippen LogP contribution in [0, 0.1) is 0 Å². The number of esters is 1. The van der Waals surface area contributed by atoms with Gasteiger partial charge in [0.2, 0.25) is 0 Å². The van der Waals surface area contributed by atoms with Crippen LogP contribution in [0.5, 0.6) is 0 Å². The van der Waals surface area contributed by atoms with E-state index in [-0.39, 0.29) is 5.97 Å². The zero-order chi connectivity index (χ0) is 17.6. The van der Waals surface area contributed by atoms with E-state index in [2.05, 4.69) is 41.3 Å². The molecule has 0 saturated carbocycles. The number of methoxy groups -OCH3 is 1. The third kappa shape index (κ3) is 4.33. The summed E-state index contributed by atoms with van der Waals surface area (Å²) in [5, 5.41) is 6.40. The summed E-state index contributed by atoms with van der Waals surface area (Å²) in [4.78, 5) is 19.9. The number of para-hydroxylation sites is 1. The summed E-state index contributed by atoms with van der Waals surface area (Å²) in [6.07, 6.45) is 1.48. The van der Waals surface area contributed by atoms with Crippen LogP contribution in [0.15, 0.2) is 65.4 Å². The summed E-state index contributed by atoms with van der Waals surface area (Å²) in [5.74, 6) is 0.930. The molecule has 0 aliphatic carbocycles. The number of hydrogen-bond donors (Lipinski definition) is 2. The van der Waals surface area contributed by atoms with Crippen LogP contribution in [0.4, 0.5) is 23.0 Å². The molecular formula is C18H15BrN4O2. The highest BCUT2D eigenvalue weighted by Crippen LogP contribution is 2.25. The average molecular weight is 399 g/mol. The van der Waals surface area contributed by atoms with Gasteiger partial charge in [-0.3, -0.25) is 0 Å². The molecule has 1 aromatic heterocycles. The number of hydrogen-bond acceptors (Lipinski definition) is 6. The lowest BCUT2D eigenvalue weighted by Gasteiger charge is -2.10. The van der Waals surface area contributed by atoms with Crippen molar-refractivity contribution in [2.75, 3.05) is 17.7 Å². The molecule has 3 rings (SSSR count). The maximum absolute atomic E-state index is 11.5. The van der Waals surface area contributed by atoms with Crippen molar-refractivity contribution in [3.8, 4) is 0 Å². The number of aromatic nitrogens is 2. The minimum Gasteiger partial charge on any atom is -0.465 e. The van der Waals surface area contributed by atoms with Gasteiger partial charge in [-0.2, -0.15) is 0 Å². The van der Waals surface area contributed by atoms with Crippen LogP contribution in [0.3, 0.4) is 0 Å². The van der Waals surface area contributed by atoms with Gasteiger partial charge < -0.3 is 15.4 Å². The van der Waals surface area contributed by atoms with Crippen LogP contribution >= 0.6 is 15.9 Å². The smallest absolute Gasteiger partial charge is 0.337 e. The Kier molecular flexibility index (Phi) is 5.25. The molecule has 3 aromatic rings. The zero-order valence-corrected chi connectivity index (χ0v) is 14.9. The van der Waals surface area contributed by atoms with E-state index in [9.17, 15) is 4.79 Å². The van der Waals surface area contributed by atoms with Crippen LogP contribution in [0.1, 0.15) is 10.4 Å². The third-order valence-corrected chi connectivity index (χ3v) is 4.07. The zero-order valence-electron chi connectivity index (χ0n) is 13.4. The monoisotopic (exact) mass is 398 g/mol. The van der Waals surface area contributed by atoms with Crippen LogP contribution in [0.25, 0.3) is 0 Å². The molecule has 0 fully saturated rings. The first-order chi connectivity index (χ1) is 12.2. The first-order valence-corrected chi connectivity index (χ1v) is 8.24. The SMILES string of the molecule is COC(=O)c1ccc(Nc2cc(Nc3ccccc3Br)ncn2)cc1. The molecule has 0 aliphatic rings. The molecule has 0 spiro atoms. The van der Waals surface area contributed by atoms with Gasteiger partial charge in [-0.1, -0.05) is 12.1 Å². The van der Waals surface area contributed by atoms with E-state index < -0.39 is 0 Å². The van der Waals surface area contributed by atoms with Gasteiger partial charge in [0.15, 0.2) is 0 Å².